The molecular formula is C26H28N2O2. The third kappa shape index (κ3) is 4.45. The summed E-state index contributed by atoms with van der Waals surface area (Å²) in [5, 5.41) is 0. The van der Waals surface area contributed by atoms with Crippen LogP contribution in [0.25, 0.3) is 0 Å². The van der Waals surface area contributed by atoms with Gasteiger partial charge in [-0.3, -0.25) is 9.69 Å². The number of likely N-dealkylation sites (N-methyl/N-ethyl adjacent to an activating group) is 1. The number of carbonyl (C=O) groups excluding carboxylic acids is 1. The molecule has 4 heteroatoms. The van der Waals surface area contributed by atoms with Crippen molar-refractivity contribution in [2.45, 2.75) is 12.1 Å². The van der Waals surface area contributed by atoms with Crippen LogP contribution in [-0.4, -0.2) is 50.1 Å². The van der Waals surface area contributed by atoms with E-state index in [2.05, 4.69) is 41.1 Å². The van der Waals surface area contributed by atoms with Crippen molar-refractivity contribution in [1.29, 1.82) is 0 Å². The van der Waals surface area contributed by atoms with Gasteiger partial charge in [0.15, 0.2) is 5.78 Å². The summed E-state index contributed by atoms with van der Waals surface area (Å²) >= 11 is 0. The number of anilines is 1. The van der Waals surface area contributed by atoms with Gasteiger partial charge in [0.2, 0.25) is 0 Å². The van der Waals surface area contributed by atoms with Gasteiger partial charge in [-0.25, -0.2) is 0 Å². The first-order valence-electron chi connectivity index (χ1n) is 10.5. The molecule has 30 heavy (non-hydrogen) atoms. The lowest BCUT2D eigenvalue weighted by atomic mass is 9.89. The third-order valence-electron chi connectivity index (χ3n) is 5.79. The van der Waals surface area contributed by atoms with Crippen molar-refractivity contribution in [3.05, 3.63) is 102 Å². The van der Waals surface area contributed by atoms with Crippen molar-refractivity contribution in [3.8, 4) is 0 Å². The Morgan fingerprint density at radius 3 is 1.97 bits per heavy atom. The molecule has 0 spiro atoms. The van der Waals surface area contributed by atoms with E-state index in [9.17, 15) is 4.79 Å². The normalized spacial score (nSPS) is 16.6. The molecule has 0 saturated carbocycles. The Morgan fingerprint density at radius 2 is 1.37 bits per heavy atom. The van der Waals surface area contributed by atoms with Crippen LogP contribution >= 0.6 is 0 Å². The van der Waals surface area contributed by atoms with Gasteiger partial charge in [0.05, 0.1) is 25.3 Å². The average molecular weight is 401 g/mol. The summed E-state index contributed by atoms with van der Waals surface area (Å²) in [5.74, 6) is 0.147. The van der Waals surface area contributed by atoms with Gasteiger partial charge < -0.3 is 9.64 Å². The highest BCUT2D eigenvalue weighted by Crippen LogP contribution is 2.33. The zero-order valence-corrected chi connectivity index (χ0v) is 17.4. The van der Waals surface area contributed by atoms with Crippen molar-refractivity contribution < 1.29 is 9.53 Å². The molecule has 3 aromatic carbocycles. The summed E-state index contributed by atoms with van der Waals surface area (Å²) in [4.78, 5) is 18.4. The Balaban J connectivity index is 1.80. The molecule has 4 rings (SSSR count). The number of hydrogen-bond donors (Lipinski definition) is 0. The zero-order valence-electron chi connectivity index (χ0n) is 17.4. The first-order valence-corrected chi connectivity index (χ1v) is 10.5. The molecule has 0 radical (unpaired) electrons. The fourth-order valence-corrected chi connectivity index (χ4v) is 4.23. The highest BCUT2D eigenvalue weighted by molar-refractivity contribution is 6.01. The second-order valence-corrected chi connectivity index (χ2v) is 7.63. The Kier molecular flexibility index (Phi) is 6.57. The predicted molar refractivity (Wildman–Crippen MR) is 121 cm³/mol. The van der Waals surface area contributed by atoms with E-state index in [1.54, 1.807) is 0 Å². The topological polar surface area (TPSA) is 32.8 Å². The lowest BCUT2D eigenvalue weighted by Gasteiger charge is -2.42. The summed E-state index contributed by atoms with van der Waals surface area (Å²) in [6.07, 6.45) is 0. The number of ether oxygens (including phenoxy) is 1. The van der Waals surface area contributed by atoms with Crippen LogP contribution in [0.3, 0.4) is 0 Å². The maximum atomic E-state index is 13.9. The van der Waals surface area contributed by atoms with Gasteiger partial charge in [-0.1, -0.05) is 78.9 Å². The Bertz CT molecular complexity index is 925. The SMILES string of the molecule is CN(c1ccccc1)[C@H](c1ccccc1)[C@@H](C(=O)c1ccccc1)N1CCOCC1. The van der Waals surface area contributed by atoms with Crippen LogP contribution in [0.15, 0.2) is 91.0 Å². The van der Waals surface area contributed by atoms with Gasteiger partial charge in [0.25, 0.3) is 0 Å². The Morgan fingerprint density at radius 1 is 0.833 bits per heavy atom. The van der Waals surface area contributed by atoms with Gasteiger partial charge in [-0.2, -0.15) is 0 Å². The minimum Gasteiger partial charge on any atom is -0.379 e. The molecule has 1 saturated heterocycles. The molecule has 0 N–H and O–H groups in total. The molecule has 0 aliphatic carbocycles. The fraction of sp³-hybridized carbons (Fsp3) is 0.269. The molecule has 0 bridgehead atoms. The smallest absolute Gasteiger partial charge is 0.182 e. The van der Waals surface area contributed by atoms with Gasteiger partial charge >= 0.3 is 0 Å². The molecule has 3 aromatic rings. The van der Waals surface area contributed by atoms with E-state index in [1.807, 2.05) is 66.7 Å². The van der Waals surface area contributed by atoms with Crippen molar-refractivity contribution in [1.82, 2.24) is 4.90 Å². The molecule has 1 heterocycles. The molecule has 154 valence electrons. The van der Waals surface area contributed by atoms with Crippen molar-refractivity contribution in [3.63, 3.8) is 0 Å². The monoisotopic (exact) mass is 400 g/mol. The predicted octanol–water partition coefficient (Wildman–Crippen LogP) is 4.45. The second kappa shape index (κ2) is 9.70. The molecule has 0 amide bonds. The number of nitrogens with zero attached hydrogens (tertiary/aromatic N) is 2. The van der Waals surface area contributed by atoms with E-state index < -0.39 is 0 Å². The quantitative estimate of drug-likeness (QED) is 0.549. The number of benzene rings is 3. The maximum absolute atomic E-state index is 13.9. The number of para-hydroxylation sites is 1. The van der Waals surface area contributed by atoms with Crippen LogP contribution in [0.5, 0.6) is 0 Å². The van der Waals surface area contributed by atoms with E-state index in [0.717, 1.165) is 29.9 Å². The van der Waals surface area contributed by atoms with Crippen LogP contribution < -0.4 is 4.90 Å². The van der Waals surface area contributed by atoms with Crippen molar-refractivity contribution in [2.24, 2.45) is 0 Å². The molecule has 0 unspecified atom stereocenters. The largest absolute Gasteiger partial charge is 0.379 e. The molecule has 2 atom stereocenters. The minimum atomic E-state index is -0.316. The summed E-state index contributed by atoms with van der Waals surface area (Å²) in [6.45, 7) is 2.79. The third-order valence-corrected chi connectivity index (χ3v) is 5.79. The summed E-state index contributed by atoms with van der Waals surface area (Å²) in [6, 6.07) is 29.8. The van der Waals surface area contributed by atoms with Gasteiger partial charge in [-0.15, -0.1) is 0 Å². The summed E-state index contributed by atoms with van der Waals surface area (Å²) in [5.41, 5.74) is 2.96. The number of carbonyl (C=O) groups is 1. The van der Waals surface area contributed by atoms with Crippen LogP contribution in [0.2, 0.25) is 0 Å². The van der Waals surface area contributed by atoms with E-state index >= 15 is 0 Å². The second-order valence-electron chi connectivity index (χ2n) is 7.63. The molecule has 1 aliphatic rings. The number of hydrogen-bond acceptors (Lipinski definition) is 4. The van der Waals surface area contributed by atoms with Gasteiger partial charge in [-0.05, 0) is 17.7 Å². The fourth-order valence-electron chi connectivity index (χ4n) is 4.23. The van der Waals surface area contributed by atoms with Crippen LogP contribution in [-0.2, 0) is 4.74 Å². The van der Waals surface area contributed by atoms with Crippen LogP contribution in [0.4, 0.5) is 5.69 Å². The van der Waals surface area contributed by atoms with E-state index in [1.165, 1.54) is 0 Å². The molecule has 1 fully saturated rings. The first-order chi connectivity index (χ1) is 14.8. The Labute approximate surface area is 178 Å². The first kappa shape index (κ1) is 20.3. The lowest BCUT2D eigenvalue weighted by molar-refractivity contribution is 0.0124. The minimum absolute atomic E-state index is 0.126. The highest BCUT2D eigenvalue weighted by Gasteiger charge is 2.38. The molecule has 0 aromatic heterocycles. The Hall–Kier alpha value is -2.95. The highest BCUT2D eigenvalue weighted by atomic mass is 16.5. The van der Waals surface area contributed by atoms with E-state index in [4.69, 9.17) is 4.74 Å². The number of morpholine rings is 1. The number of ketones is 1. The molecule has 4 nitrogen and oxygen atoms in total. The van der Waals surface area contributed by atoms with Crippen LogP contribution in [0.1, 0.15) is 22.0 Å². The van der Waals surface area contributed by atoms with Crippen molar-refractivity contribution >= 4 is 11.5 Å². The van der Waals surface area contributed by atoms with Gasteiger partial charge in [0, 0.05) is 31.4 Å². The summed E-state index contributed by atoms with van der Waals surface area (Å²) in [7, 11) is 2.08. The molecular weight excluding hydrogens is 372 g/mol. The van der Waals surface area contributed by atoms with E-state index in [-0.39, 0.29) is 17.9 Å². The summed E-state index contributed by atoms with van der Waals surface area (Å²) < 4.78 is 5.60. The number of rotatable bonds is 7. The van der Waals surface area contributed by atoms with Crippen LogP contribution in [0, 0.1) is 0 Å². The average Bonchev–Trinajstić information content (AvgIpc) is 2.84. The zero-order chi connectivity index (χ0) is 20.8. The standard InChI is InChI=1S/C26H28N2O2/c1-27(23-15-9-4-10-16-23)24(21-11-5-2-6-12-21)25(28-17-19-30-20-18-28)26(29)22-13-7-3-8-14-22/h2-16,24-25H,17-20H2,1H3/t24-,25+/m1/s1. The number of Topliss-reactive ketones (excluding diaryl/α,β-unsaturated/α-hetero) is 1. The lowest BCUT2D eigenvalue weighted by Crippen LogP contribution is -2.53. The van der Waals surface area contributed by atoms with E-state index in [0.29, 0.717) is 13.2 Å². The van der Waals surface area contributed by atoms with Crippen molar-refractivity contribution in [2.75, 3.05) is 38.3 Å². The molecule has 1 aliphatic heterocycles. The maximum Gasteiger partial charge on any atom is 0.182 e. The van der Waals surface area contributed by atoms with Gasteiger partial charge in [0.1, 0.15) is 0 Å².